The van der Waals surface area contributed by atoms with Crippen LogP contribution in [-0.4, -0.2) is 72.1 Å². The number of nitrogens with one attached hydrogen (secondary N) is 2. The maximum Gasteiger partial charge on any atom is 0.408 e. The van der Waals surface area contributed by atoms with Gasteiger partial charge in [-0.3, -0.25) is 9.59 Å². The Bertz CT molecular complexity index is 1840. The van der Waals surface area contributed by atoms with E-state index in [1.165, 1.54) is 17.8 Å². The van der Waals surface area contributed by atoms with Gasteiger partial charge in [0.25, 0.3) is 5.91 Å². The highest BCUT2D eigenvalue weighted by molar-refractivity contribution is 5.93. The lowest BCUT2D eigenvalue weighted by Crippen LogP contribution is -2.39. The number of amides is 2. The predicted octanol–water partition coefficient (Wildman–Crippen LogP) is 4.04. The number of hydrogen-bond acceptors (Lipinski definition) is 11. The molecule has 0 aromatic carbocycles. The Morgan fingerprint density at radius 3 is 2.61 bits per heavy atom. The molecule has 2 N–H and O–H groups in total. The molecule has 4 aromatic heterocycles. The zero-order chi connectivity index (χ0) is 34.6. The lowest BCUT2D eigenvalue weighted by atomic mass is 9.76. The molecule has 19 heteroatoms. The number of imidazole rings is 1. The van der Waals surface area contributed by atoms with Crippen LogP contribution in [0.2, 0.25) is 0 Å². The largest absolute Gasteiger partial charge is 0.408 e. The Morgan fingerprint density at radius 1 is 1.14 bits per heavy atom. The summed E-state index contributed by atoms with van der Waals surface area (Å²) < 4.78 is 86.1. The van der Waals surface area contributed by atoms with Crippen molar-refractivity contribution in [3.8, 4) is 0 Å². The fourth-order valence-corrected chi connectivity index (χ4v) is 6.84. The molecule has 2 aliphatic carbocycles. The molecule has 2 amide bonds. The minimum absolute atomic E-state index is 0.0125. The van der Waals surface area contributed by atoms with Crippen LogP contribution in [0.25, 0.3) is 5.65 Å². The Labute approximate surface area is 274 Å². The second-order valence-corrected chi connectivity index (χ2v) is 13.2. The zero-order valence-electron chi connectivity index (χ0n) is 26.2. The van der Waals surface area contributed by atoms with E-state index in [9.17, 15) is 31.5 Å². The number of rotatable bonds is 11. The van der Waals surface area contributed by atoms with E-state index in [1.807, 2.05) is 0 Å². The van der Waals surface area contributed by atoms with E-state index in [0.717, 1.165) is 12.8 Å². The molecule has 0 bridgehead atoms. The molecule has 4 aromatic rings. The minimum atomic E-state index is -4.68. The van der Waals surface area contributed by atoms with E-state index in [-0.39, 0.29) is 80.0 Å². The van der Waals surface area contributed by atoms with Gasteiger partial charge < -0.3 is 19.9 Å². The molecule has 0 unspecified atom stereocenters. The van der Waals surface area contributed by atoms with Gasteiger partial charge in [0.05, 0.1) is 29.5 Å². The van der Waals surface area contributed by atoms with Gasteiger partial charge in [-0.05, 0) is 61.2 Å². The third-order valence-electron chi connectivity index (χ3n) is 9.52. The van der Waals surface area contributed by atoms with Crippen molar-refractivity contribution in [3.05, 3.63) is 52.8 Å². The summed E-state index contributed by atoms with van der Waals surface area (Å²) in [6, 6.07) is -1.29. The highest BCUT2D eigenvalue weighted by Gasteiger charge is 2.56. The summed E-state index contributed by atoms with van der Waals surface area (Å²) in [5, 5.41) is 20.8. The maximum atomic E-state index is 14.1. The predicted molar refractivity (Wildman–Crippen MR) is 154 cm³/mol. The lowest BCUT2D eigenvalue weighted by Gasteiger charge is -2.33. The number of fused-ring (bicyclic) bond motifs is 1. The summed E-state index contributed by atoms with van der Waals surface area (Å²) in [5.41, 5.74) is -0.108. The summed E-state index contributed by atoms with van der Waals surface area (Å²) in [6.07, 6.45) is -1.49. The number of aromatic nitrogens is 7. The molecule has 5 heterocycles. The van der Waals surface area contributed by atoms with Gasteiger partial charge in [0.15, 0.2) is 17.2 Å². The SMILES string of the molecule is COCc1noc(C[C@]2(Cc3cnn4cc([C@@H](NC(=O)c5nonc5C5CC5)C5CCC(F)(F)CC5)nc4c3)C[C@@H](C(F)(F)F)NC2=O)n1. The van der Waals surface area contributed by atoms with Gasteiger partial charge in [0, 0.05) is 32.3 Å². The van der Waals surface area contributed by atoms with E-state index in [0.29, 0.717) is 17.0 Å². The molecule has 3 fully saturated rings. The zero-order valence-corrected chi connectivity index (χ0v) is 26.2. The summed E-state index contributed by atoms with van der Waals surface area (Å²) in [5.74, 6) is -4.37. The topological polar surface area (TPSA) is 175 Å². The molecule has 3 aliphatic rings. The number of carbonyl (C=O) groups is 2. The molecular formula is C30H32F5N9O5. The van der Waals surface area contributed by atoms with Gasteiger partial charge >= 0.3 is 6.18 Å². The molecule has 3 atom stereocenters. The minimum Gasteiger partial charge on any atom is -0.377 e. The number of hydrogen-bond donors (Lipinski definition) is 2. The number of carbonyl (C=O) groups excluding carboxylic acids is 2. The molecular weight excluding hydrogens is 661 g/mol. The summed E-state index contributed by atoms with van der Waals surface area (Å²) >= 11 is 0. The molecule has 0 radical (unpaired) electrons. The second kappa shape index (κ2) is 12.4. The highest BCUT2D eigenvalue weighted by Crippen LogP contribution is 2.44. The van der Waals surface area contributed by atoms with Gasteiger partial charge in [0.1, 0.15) is 18.3 Å². The van der Waals surface area contributed by atoms with Crippen molar-refractivity contribution in [2.45, 2.75) is 94.5 Å². The average Bonchev–Trinajstić information content (AvgIpc) is 3.35. The van der Waals surface area contributed by atoms with Crippen molar-refractivity contribution in [2.24, 2.45) is 11.3 Å². The number of methoxy groups -OCH3 is 1. The van der Waals surface area contributed by atoms with Gasteiger partial charge in [-0.1, -0.05) is 10.3 Å². The van der Waals surface area contributed by atoms with Crippen molar-refractivity contribution >= 4 is 17.5 Å². The van der Waals surface area contributed by atoms with Crippen molar-refractivity contribution in [3.63, 3.8) is 0 Å². The normalized spacial score (nSPS) is 23.6. The van der Waals surface area contributed by atoms with Crippen molar-refractivity contribution in [1.82, 2.24) is 45.7 Å². The molecule has 1 saturated heterocycles. The molecule has 2 saturated carbocycles. The first-order valence-corrected chi connectivity index (χ1v) is 15.9. The Balaban J connectivity index is 1.18. The Morgan fingerprint density at radius 2 is 1.92 bits per heavy atom. The van der Waals surface area contributed by atoms with E-state index >= 15 is 0 Å². The Kier molecular flexibility index (Phi) is 8.35. The number of alkyl halides is 5. The first kappa shape index (κ1) is 33.0. The molecule has 1 aliphatic heterocycles. The molecule has 262 valence electrons. The van der Waals surface area contributed by atoms with Crippen LogP contribution in [0, 0.1) is 11.3 Å². The summed E-state index contributed by atoms with van der Waals surface area (Å²) in [4.78, 5) is 35.5. The number of ether oxygens (including phenoxy) is 1. The molecule has 49 heavy (non-hydrogen) atoms. The lowest BCUT2D eigenvalue weighted by molar-refractivity contribution is -0.155. The van der Waals surface area contributed by atoms with Crippen molar-refractivity contribution < 1.29 is 45.4 Å². The van der Waals surface area contributed by atoms with E-state index in [1.54, 1.807) is 12.3 Å². The second-order valence-electron chi connectivity index (χ2n) is 13.2. The summed E-state index contributed by atoms with van der Waals surface area (Å²) in [6.45, 7) is 0.0125. The van der Waals surface area contributed by atoms with Gasteiger partial charge in [-0.15, -0.1) is 0 Å². The van der Waals surface area contributed by atoms with Gasteiger partial charge in [0.2, 0.25) is 17.7 Å². The van der Waals surface area contributed by atoms with Crippen LogP contribution < -0.4 is 10.6 Å². The molecule has 0 spiro atoms. The third-order valence-corrected chi connectivity index (χ3v) is 9.52. The maximum absolute atomic E-state index is 14.1. The monoisotopic (exact) mass is 693 g/mol. The van der Waals surface area contributed by atoms with Crippen LogP contribution in [0.3, 0.4) is 0 Å². The van der Waals surface area contributed by atoms with Crippen LogP contribution >= 0.6 is 0 Å². The standard InChI is InChI=1S/C30H32F5N9O5/c1-47-14-20-39-22(48-41-20)11-28(10-19(30(33,34)35)38-27(28)46)9-15-8-21-37-18(13-44(21)36-12-15)23(17-4-6-29(31,32)7-5-17)40-26(45)25-24(16-2-3-16)42-49-43-25/h8,12-13,16-17,19,23H,2-7,9-11,14H2,1H3,(H,38,46)(H,40,45)/t19-,23-,28-/m0/s1. The van der Waals surface area contributed by atoms with Crippen molar-refractivity contribution in [2.75, 3.05) is 7.11 Å². The van der Waals surface area contributed by atoms with E-state index in [2.05, 4.69) is 41.2 Å². The highest BCUT2D eigenvalue weighted by atomic mass is 19.4. The Hall–Kier alpha value is -4.55. The quantitative estimate of drug-likeness (QED) is 0.217. The fraction of sp³-hybridized carbons (Fsp3) is 0.600. The molecule has 7 rings (SSSR count). The van der Waals surface area contributed by atoms with Gasteiger partial charge in [-0.2, -0.15) is 23.3 Å². The van der Waals surface area contributed by atoms with Crippen LogP contribution in [0.1, 0.15) is 96.1 Å². The first-order chi connectivity index (χ1) is 23.3. The van der Waals surface area contributed by atoms with E-state index in [4.69, 9.17) is 13.9 Å². The average molecular weight is 694 g/mol. The van der Waals surface area contributed by atoms with Gasteiger partial charge in [-0.25, -0.2) is 22.9 Å². The number of halogens is 5. The fourth-order valence-electron chi connectivity index (χ4n) is 6.84. The summed E-state index contributed by atoms with van der Waals surface area (Å²) in [7, 11) is 1.42. The molecule has 14 nitrogen and oxygen atoms in total. The first-order valence-electron chi connectivity index (χ1n) is 15.9. The van der Waals surface area contributed by atoms with Crippen LogP contribution in [0.15, 0.2) is 27.6 Å². The van der Waals surface area contributed by atoms with Crippen LogP contribution in [-0.2, 0) is 29.0 Å². The van der Waals surface area contributed by atoms with Crippen LogP contribution in [0.4, 0.5) is 22.0 Å². The van der Waals surface area contributed by atoms with Crippen LogP contribution in [0.5, 0.6) is 0 Å². The third kappa shape index (κ3) is 6.84. The van der Waals surface area contributed by atoms with Crippen molar-refractivity contribution in [1.29, 1.82) is 0 Å². The number of nitrogens with zero attached hydrogens (tertiary/aromatic N) is 7. The smallest absolute Gasteiger partial charge is 0.377 e. The van der Waals surface area contributed by atoms with E-state index < -0.39 is 47.8 Å².